The van der Waals surface area contributed by atoms with Gasteiger partial charge in [-0.2, -0.15) is 0 Å². The van der Waals surface area contributed by atoms with Crippen LogP contribution in [0.15, 0.2) is 0 Å². The van der Waals surface area contributed by atoms with E-state index in [1.165, 1.54) is 7.05 Å². The van der Waals surface area contributed by atoms with Gasteiger partial charge in [-0.3, -0.25) is 9.59 Å². The number of methoxy groups -OCH3 is 1. The van der Waals surface area contributed by atoms with Gasteiger partial charge in [0.05, 0.1) is 17.9 Å². The molecule has 0 aromatic rings. The van der Waals surface area contributed by atoms with E-state index in [-0.39, 0.29) is 12.0 Å². The Morgan fingerprint density at radius 1 is 1.33 bits per heavy atom. The minimum atomic E-state index is -0.891. The predicted octanol–water partition coefficient (Wildman–Crippen LogP) is 0.248. The quantitative estimate of drug-likeness (QED) is 0.707. The molecule has 3 atom stereocenters. The molecule has 86 valence electrons. The van der Waals surface area contributed by atoms with Crippen molar-refractivity contribution in [3.63, 3.8) is 0 Å². The van der Waals surface area contributed by atoms with Crippen LogP contribution in [0.3, 0.4) is 0 Å². The first-order valence-electron chi connectivity index (χ1n) is 5.07. The van der Waals surface area contributed by atoms with Crippen molar-refractivity contribution in [2.75, 3.05) is 14.2 Å². The molecule has 1 amide bonds. The molecule has 0 bridgehead atoms. The fraction of sp³-hybridized carbons (Fsp3) is 0.800. The number of rotatable bonds is 3. The highest BCUT2D eigenvalue weighted by Gasteiger charge is 2.38. The van der Waals surface area contributed by atoms with E-state index in [0.29, 0.717) is 19.3 Å². The number of amides is 1. The van der Waals surface area contributed by atoms with Crippen LogP contribution in [0.1, 0.15) is 19.3 Å². The average Bonchev–Trinajstić information content (AvgIpc) is 2.26. The summed E-state index contributed by atoms with van der Waals surface area (Å²) in [5.74, 6) is -2.13. The molecule has 0 heterocycles. The van der Waals surface area contributed by atoms with E-state index >= 15 is 0 Å². The Morgan fingerprint density at radius 3 is 2.47 bits per heavy atom. The zero-order chi connectivity index (χ0) is 11.4. The topological polar surface area (TPSA) is 75.6 Å². The molecule has 15 heavy (non-hydrogen) atoms. The fourth-order valence-corrected chi connectivity index (χ4v) is 2.12. The SMILES string of the molecule is CNC(=O)C1CC(OC)CC[C@@H]1C(=O)O. The number of carboxylic acid groups (broad SMARTS) is 1. The van der Waals surface area contributed by atoms with Gasteiger partial charge >= 0.3 is 5.97 Å². The van der Waals surface area contributed by atoms with Gasteiger partial charge in [-0.1, -0.05) is 0 Å². The molecule has 0 radical (unpaired) electrons. The summed E-state index contributed by atoms with van der Waals surface area (Å²) in [6, 6.07) is 0. The third-order valence-corrected chi connectivity index (χ3v) is 3.04. The first-order valence-corrected chi connectivity index (χ1v) is 5.07. The van der Waals surface area contributed by atoms with Gasteiger partial charge in [0.25, 0.3) is 0 Å². The minimum Gasteiger partial charge on any atom is -0.481 e. The summed E-state index contributed by atoms with van der Waals surface area (Å²) in [5, 5.41) is 11.5. The van der Waals surface area contributed by atoms with E-state index in [1.807, 2.05) is 0 Å². The fourth-order valence-electron chi connectivity index (χ4n) is 2.12. The molecule has 2 N–H and O–H groups in total. The number of carbonyl (C=O) groups excluding carboxylic acids is 1. The number of hydrogen-bond acceptors (Lipinski definition) is 3. The smallest absolute Gasteiger partial charge is 0.307 e. The van der Waals surface area contributed by atoms with Crippen LogP contribution < -0.4 is 5.32 Å². The Labute approximate surface area is 88.8 Å². The van der Waals surface area contributed by atoms with Crippen molar-refractivity contribution in [1.29, 1.82) is 0 Å². The summed E-state index contributed by atoms with van der Waals surface area (Å²) in [6.07, 6.45) is 1.71. The number of carboxylic acids is 1. The number of hydrogen-bond donors (Lipinski definition) is 2. The van der Waals surface area contributed by atoms with Crippen LogP contribution in [-0.2, 0) is 14.3 Å². The third-order valence-electron chi connectivity index (χ3n) is 3.04. The number of carbonyl (C=O) groups is 2. The van der Waals surface area contributed by atoms with Gasteiger partial charge in [-0.15, -0.1) is 0 Å². The molecule has 1 saturated carbocycles. The monoisotopic (exact) mass is 215 g/mol. The molecule has 2 unspecified atom stereocenters. The Bertz CT molecular complexity index is 254. The molecule has 1 aliphatic rings. The number of nitrogens with one attached hydrogen (secondary N) is 1. The molecule has 1 aliphatic carbocycles. The van der Waals surface area contributed by atoms with E-state index in [4.69, 9.17) is 9.84 Å². The average molecular weight is 215 g/mol. The lowest BCUT2D eigenvalue weighted by Gasteiger charge is -2.31. The van der Waals surface area contributed by atoms with Crippen LogP contribution in [0, 0.1) is 11.8 Å². The summed E-state index contributed by atoms with van der Waals surface area (Å²) in [5.41, 5.74) is 0. The van der Waals surface area contributed by atoms with E-state index < -0.39 is 17.8 Å². The maximum absolute atomic E-state index is 11.5. The van der Waals surface area contributed by atoms with E-state index in [9.17, 15) is 9.59 Å². The van der Waals surface area contributed by atoms with Gasteiger partial charge < -0.3 is 15.2 Å². The zero-order valence-corrected chi connectivity index (χ0v) is 9.03. The summed E-state index contributed by atoms with van der Waals surface area (Å²) in [4.78, 5) is 22.5. The summed E-state index contributed by atoms with van der Waals surface area (Å²) in [7, 11) is 3.12. The van der Waals surface area contributed by atoms with E-state index in [1.54, 1.807) is 7.11 Å². The van der Waals surface area contributed by atoms with Crippen molar-refractivity contribution in [2.45, 2.75) is 25.4 Å². The van der Waals surface area contributed by atoms with Gasteiger partial charge in [0.15, 0.2) is 0 Å². The van der Waals surface area contributed by atoms with Crippen LogP contribution in [0.2, 0.25) is 0 Å². The molecule has 5 heteroatoms. The highest BCUT2D eigenvalue weighted by atomic mass is 16.5. The second-order valence-electron chi connectivity index (χ2n) is 3.84. The number of ether oxygens (including phenoxy) is 1. The van der Waals surface area contributed by atoms with Crippen LogP contribution in [0.4, 0.5) is 0 Å². The molecule has 1 fully saturated rings. The van der Waals surface area contributed by atoms with Crippen molar-refractivity contribution in [1.82, 2.24) is 5.32 Å². The molecule has 0 saturated heterocycles. The molecular formula is C10H17NO4. The summed E-state index contributed by atoms with van der Waals surface area (Å²) >= 11 is 0. The van der Waals surface area contributed by atoms with Crippen LogP contribution in [-0.4, -0.2) is 37.2 Å². The second-order valence-corrected chi connectivity index (χ2v) is 3.84. The summed E-state index contributed by atoms with van der Waals surface area (Å²) < 4.78 is 5.17. The van der Waals surface area contributed by atoms with Crippen LogP contribution in [0.5, 0.6) is 0 Å². The maximum Gasteiger partial charge on any atom is 0.307 e. The van der Waals surface area contributed by atoms with Gasteiger partial charge in [0.1, 0.15) is 0 Å². The largest absolute Gasteiger partial charge is 0.481 e. The molecule has 0 spiro atoms. The number of aliphatic carboxylic acids is 1. The highest BCUT2D eigenvalue weighted by molar-refractivity contribution is 5.84. The predicted molar refractivity (Wildman–Crippen MR) is 53.3 cm³/mol. The first-order chi connectivity index (χ1) is 7.10. The van der Waals surface area contributed by atoms with Crippen molar-refractivity contribution < 1.29 is 19.4 Å². The molecule has 1 rings (SSSR count). The van der Waals surface area contributed by atoms with Crippen molar-refractivity contribution in [2.24, 2.45) is 11.8 Å². The van der Waals surface area contributed by atoms with Gasteiger partial charge in [0, 0.05) is 14.2 Å². The molecule has 0 aromatic heterocycles. The van der Waals surface area contributed by atoms with E-state index in [2.05, 4.69) is 5.32 Å². The molecule has 0 aromatic carbocycles. The molecular weight excluding hydrogens is 198 g/mol. The van der Waals surface area contributed by atoms with Gasteiger partial charge in [-0.05, 0) is 19.3 Å². The maximum atomic E-state index is 11.5. The molecule has 0 aliphatic heterocycles. The lowest BCUT2D eigenvalue weighted by Crippen LogP contribution is -2.42. The lowest BCUT2D eigenvalue weighted by molar-refractivity contribution is -0.150. The van der Waals surface area contributed by atoms with Crippen LogP contribution in [0.25, 0.3) is 0 Å². The van der Waals surface area contributed by atoms with Crippen molar-refractivity contribution in [3.05, 3.63) is 0 Å². The Kier molecular flexibility index (Phi) is 4.08. The van der Waals surface area contributed by atoms with E-state index in [0.717, 1.165) is 0 Å². The van der Waals surface area contributed by atoms with Crippen molar-refractivity contribution in [3.8, 4) is 0 Å². The lowest BCUT2D eigenvalue weighted by atomic mass is 9.77. The van der Waals surface area contributed by atoms with Gasteiger partial charge in [0.2, 0.25) is 5.91 Å². The normalized spacial score (nSPS) is 30.9. The second kappa shape index (κ2) is 5.11. The third kappa shape index (κ3) is 2.68. The Morgan fingerprint density at radius 2 is 2.00 bits per heavy atom. The standard InChI is InChI=1S/C10H17NO4/c1-11-9(12)8-5-6(15-2)3-4-7(8)10(13)14/h6-8H,3-5H2,1-2H3,(H,11,12)(H,13,14)/t6?,7-,8?/m0/s1. The Hall–Kier alpha value is -1.10. The minimum absolute atomic E-state index is 0.00269. The Balaban J connectivity index is 2.73. The molecule has 5 nitrogen and oxygen atoms in total. The highest BCUT2D eigenvalue weighted by Crippen LogP contribution is 2.31. The zero-order valence-electron chi connectivity index (χ0n) is 9.03. The van der Waals surface area contributed by atoms with Crippen LogP contribution >= 0.6 is 0 Å². The first kappa shape index (κ1) is 12.0. The van der Waals surface area contributed by atoms with Crippen molar-refractivity contribution >= 4 is 11.9 Å². The van der Waals surface area contributed by atoms with Gasteiger partial charge in [-0.25, -0.2) is 0 Å². The summed E-state index contributed by atoms with van der Waals surface area (Å²) in [6.45, 7) is 0.